The van der Waals surface area contributed by atoms with Crippen LogP contribution in [-0.4, -0.2) is 15.8 Å². The van der Waals surface area contributed by atoms with Crippen molar-refractivity contribution >= 4 is 21.6 Å². The van der Waals surface area contributed by atoms with E-state index in [9.17, 15) is 0 Å². The SMILES string of the molecule is CC1CC(Cc2c(Br)cnn2C(C)C)c2ccccc2N1. The number of halogens is 1. The number of nitrogens with zero attached hydrogens (tertiary/aromatic N) is 2. The standard InChI is InChI=1S/C17H22BrN3/c1-11(2)21-17(15(18)10-19-21)9-13-8-12(3)20-16-7-5-4-6-14(13)16/h4-7,10-13,20H,8-9H2,1-3H3. The fourth-order valence-electron chi connectivity index (χ4n) is 3.29. The van der Waals surface area contributed by atoms with E-state index in [2.05, 4.69) is 76.1 Å². The zero-order chi connectivity index (χ0) is 15.0. The van der Waals surface area contributed by atoms with Crippen molar-refractivity contribution in [1.82, 2.24) is 9.78 Å². The highest BCUT2D eigenvalue weighted by molar-refractivity contribution is 9.10. The molecule has 1 aromatic heterocycles. The van der Waals surface area contributed by atoms with E-state index in [4.69, 9.17) is 0 Å². The molecule has 112 valence electrons. The average molecular weight is 348 g/mol. The van der Waals surface area contributed by atoms with Gasteiger partial charge in [-0.3, -0.25) is 4.68 Å². The van der Waals surface area contributed by atoms with Gasteiger partial charge >= 0.3 is 0 Å². The Hall–Kier alpha value is -1.29. The molecule has 0 saturated heterocycles. The number of benzene rings is 1. The molecule has 21 heavy (non-hydrogen) atoms. The van der Waals surface area contributed by atoms with Gasteiger partial charge in [-0.25, -0.2) is 0 Å². The molecule has 2 atom stereocenters. The van der Waals surface area contributed by atoms with E-state index in [1.54, 1.807) is 0 Å². The molecule has 0 saturated carbocycles. The number of fused-ring (bicyclic) bond motifs is 1. The third-order valence-corrected chi connectivity index (χ3v) is 4.88. The van der Waals surface area contributed by atoms with Gasteiger partial charge in [0, 0.05) is 17.8 Å². The minimum atomic E-state index is 0.390. The molecular weight excluding hydrogens is 326 g/mol. The van der Waals surface area contributed by atoms with Gasteiger partial charge in [0.05, 0.1) is 16.4 Å². The van der Waals surface area contributed by atoms with Crippen LogP contribution in [0.3, 0.4) is 0 Å². The maximum atomic E-state index is 4.51. The second-order valence-corrected chi connectivity index (χ2v) is 7.10. The van der Waals surface area contributed by atoms with Crippen LogP contribution in [0.2, 0.25) is 0 Å². The van der Waals surface area contributed by atoms with Crippen LogP contribution in [0.4, 0.5) is 5.69 Å². The largest absolute Gasteiger partial charge is 0.382 e. The number of hydrogen-bond donors (Lipinski definition) is 1. The van der Waals surface area contributed by atoms with E-state index >= 15 is 0 Å². The minimum Gasteiger partial charge on any atom is -0.382 e. The summed E-state index contributed by atoms with van der Waals surface area (Å²) in [6.45, 7) is 6.63. The van der Waals surface area contributed by atoms with Gasteiger partial charge in [-0.15, -0.1) is 0 Å². The second-order valence-electron chi connectivity index (χ2n) is 6.25. The van der Waals surface area contributed by atoms with Crippen LogP contribution in [0, 0.1) is 0 Å². The van der Waals surface area contributed by atoms with Crippen molar-refractivity contribution in [3.8, 4) is 0 Å². The van der Waals surface area contributed by atoms with Crippen molar-refractivity contribution in [2.75, 3.05) is 5.32 Å². The van der Waals surface area contributed by atoms with E-state index < -0.39 is 0 Å². The van der Waals surface area contributed by atoms with Gasteiger partial charge in [-0.05, 0) is 67.1 Å². The first-order valence-electron chi connectivity index (χ1n) is 7.63. The maximum absolute atomic E-state index is 4.51. The maximum Gasteiger partial charge on any atom is 0.0635 e. The molecule has 1 N–H and O–H groups in total. The molecule has 1 aliphatic heterocycles. The van der Waals surface area contributed by atoms with E-state index in [0.29, 0.717) is 18.0 Å². The van der Waals surface area contributed by atoms with Crippen LogP contribution in [0.15, 0.2) is 34.9 Å². The molecule has 0 spiro atoms. The average Bonchev–Trinajstić information content (AvgIpc) is 2.80. The summed E-state index contributed by atoms with van der Waals surface area (Å²) in [5.74, 6) is 0.544. The van der Waals surface area contributed by atoms with Crippen LogP contribution in [-0.2, 0) is 6.42 Å². The molecule has 3 rings (SSSR count). The molecule has 2 unspecified atom stereocenters. The zero-order valence-corrected chi connectivity index (χ0v) is 14.4. The zero-order valence-electron chi connectivity index (χ0n) is 12.8. The molecule has 0 amide bonds. The number of anilines is 1. The molecule has 0 bridgehead atoms. The third kappa shape index (κ3) is 2.86. The van der Waals surface area contributed by atoms with Gasteiger partial charge in [0.15, 0.2) is 0 Å². The molecule has 1 aliphatic rings. The van der Waals surface area contributed by atoms with Gasteiger partial charge in [-0.2, -0.15) is 5.10 Å². The van der Waals surface area contributed by atoms with E-state index in [-0.39, 0.29) is 0 Å². The van der Waals surface area contributed by atoms with Crippen LogP contribution >= 0.6 is 15.9 Å². The van der Waals surface area contributed by atoms with Crippen molar-refractivity contribution in [1.29, 1.82) is 0 Å². The Morgan fingerprint density at radius 3 is 2.90 bits per heavy atom. The number of aromatic nitrogens is 2. The summed E-state index contributed by atoms with van der Waals surface area (Å²) in [5.41, 5.74) is 4.02. The molecule has 4 heteroatoms. The van der Waals surface area contributed by atoms with Crippen molar-refractivity contribution in [3.05, 3.63) is 46.2 Å². The highest BCUT2D eigenvalue weighted by Gasteiger charge is 2.26. The highest BCUT2D eigenvalue weighted by Crippen LogP contribution is 2.37. The predicted octanol–water partition coefficient (Wildman–Crippen LogP) is 4.76. The lowest BCUT2D eigenvalue weighted by Gasteiger charge is -2.31. The van der Waals surface area contributed by atoms with E-state index in [1.165, 1.54) is 16.9 Å². The topological polar surface area (TPSA) is 29.9 Å². The molecule has 0 fully saturated rings. The molecule has 2 heterocycles. The molecule has 2 aromatic rings. The van der Waals surface area contributed by atoms with Crippen molar-refractivity contribution in [2.45, 2.75) is 51.6 Å². The number of para-hydroxylation sites is 1. The monoisotopic (exact) mass is 347 g/mol. The summed E-state index contributed by atoms with van der Waals surface area (Å²) < 4.78 is 3.26. The first kappa shape index (κ1) is 14.6. The summed E-state index contributed by atoms with van der Waals surface area (Å²) >= 11 is 3.67. The van der Waals surface area contributed by atoms with Crippen molar-refractivity contribution in [3.63, 3.8) is 0 Å². The summed E-state index contributed by atoms with van der Waals surface area (Å²) in [6, 6.07) is 9.59. The summed E-state index contributed by atoms with van der Waals surface area (Å²) in [5, 5.41) is 8.10. The lowest BCUT2D eigenvalue weighted by molar-refractivity contribution is 0.478. The lowest BCUT2D eigenvalue weighted by Crippen LogP contribution is -2.27. The normalized spacial score (nSPS) is 21.2. The number of rotatable bonds is 3. The van der Waals surface area contributed by atoms with E-state index in [0.717, 1.165) is 17.3 Å². The summed E-state index contributed by atoms with van der Waals surface area (Å²) in [6.07, 6.45) is 4.11. The second kappa shape index (κ2) is 5.84. The third-order valence-electron chi connectivity index (χ3n) is 4.22. The molecule has 1 aromatic carbocycles. The smallest absolute Gasteiger partial charge is 0.0635 e. The van der Waals surface area contributed by atoms with Crippen molar-refractivity contribution in [2.24, 2.45) is 0 Å². The minimum absolute atomic E-state index is 0.390. The first-order valence-corrected chi connectivity index (χ1v) is 8.43. The van der Waals surface area contributed by atoms with Crippen molar-refractivity contribution < 1.29 is 0 Å². The van der Waals surface area contributed by atoms with Crippen LogP contribution in [0.5, 0.6) is 0 Å². The van der Waals surface area contributed by atoms with Crippen LogP contribution in [0.1, 0.15) is 50.4 Å². The number of nitrogens with one attached hydrogen (secondary N) is 1. The van der Waals surface area contributed by atoms with Gasteiger partial charge in [0.1, 0.15) is 0 Å². The Labute approximate surface area is 134 Å². The van der Waals surface area contributed by atoms with Gasteiger partial charge in [0.2, 0.25) is 0 Å². The predicted molar refractivity (Wildman–Crippen MR) is 90.9 cm³/mol. The highest BCUT2D eigenvalue weighted by atomic mass is 79.9. The molecule has 0 aliphatic carbocycles. The Morgan fingerprint density at radius 2 is 2.14 bits per heavy atom. The van der Waals surface area contributed by atoms with Gasteiger partial charge < -0.3 is 5.32 Å². The van der Waals surface area contributed by atoms with E-state index in [1.807, 2.05) is 6.20 Å². The Morgan fingerprint density at radius 1 is 1.38 bits per heavy atom. The summed E-state index contributed by atoms with van der Waals surface area (Å²) in [7, 11) is 0. The van der Waals surface area contributed by atoms with Crippen LogP contribution < -0.4 is 5.32 Å². The molecular formula is C17H22BrN3. The first-order chi connectivity index (χ1) is 10.1. The Bertz CT molecular complexity index is 633. The van der Waals surface area contributed by atoms with Gasteiger partial charge in [-0.1, -0.05) is 18.2 Å². The fourth-order valence-corrected chi connectivity index (χ4v) is 3.73. The van der Waals surface area contributed by atoms with Crippen LogP contribution in [0.25, 0.3) is 0 Å². The number of hydrogen-bond acceptors (Lipinski definition) is 2. The lowest BCUT2D eigenvalue weighted by atomic mass is 9.84. The van der Waals surface area contributed by atoms with Gasteiger partial charge in [0.25, 0.3) is 0 Å². The fraction of sp³-hybridized carbons (Fsp3) is 0.471. The molecule has 0 radical (unpaired) electrons. The summed E-state index contributed by atoms with van der Waals surface area (Å²) in [4.78, 5) is 0. The Kier molecular flexibility index (Phi) is 4.07. The Balaban J connectivity index is 1.94. The quantitative estimate of drug-likeness (QED) is 0.867. The molecule has 3 nitrogen and oxygen atoms in total.